The molecule has 5 nitrogen and oxygen atoms in total. The molecule has 2 heterocycles. The molecule has 0 fully saturated rings. The van der Waals surface area contributed by atoms with Gasteiger partial charge in [-0.25, -0.2) is 0 Å². The highest BCUT2D eigenvalue weighted by Gasteiger charge is 2.41. The first-order chi connectivity index (χ1) is 36.5. The summed E-state index contributed by atoms with van der Waals surface area (Å²) < 4.78 is 7.20. The number of allylic oxidation sites excluding steroid dienone is 2. The Bertz CT molecular complexity index is 4080. The van der Waals surface area contributed by atoms with Crippen molar-refractivity contribution in [2.45, 2.75) is 24.3 Å². The summed E-state index contributed by atoms with van der Waals surface area (Å²) in [6, 6.07) is 87.0. The van der Waals surface area contributed by atoms with E-state index in [0.29, 0.717) is 5.56 Å². The van der Waals surface area contributed by atoms with Gasteiger partial charge >= 0.3 is 0 Å². The summed E-state index contributed by atoms with van der Waals surface area (Å²) in [6.45, 7) is 2.36. The maximum absolute atomic E-state index is 10.2. The van der Waals surface area contributed by atoms with E-state index in [0.717, 1.165) is 67.2 Å². The van der Waals surface area contributed by atoms with E-state index >= 15 is 0 Å². The standard InChI is InChI=1S/C69H48N4O/c1-69(49-20-6-2-7-21-49)62-31-16-14-29-56(62)58-40-47(33-36-63(58)69)48-34-38-67-60(41-48)61-43-55(71(50-22-8-3-9-23-50)53-28-18-19-46(39-53)45-70)44-66(68(61)74-67)72(51-24-10-4-11-25-51)54-35-37-65-59(42-54)57-30-15-17-32-64(57)73(65)52-26-12-5-13-27-52/h2-44,57,64H,1H3. The minimum absolute atomic E-state index is 0.148. The molecular formula is C69H48N4O. The topological polar surface area (TPSA) is 46.7 Å². The number of hydrogen-bond acceptors (Lipinski definition) is 5. The third kappa shape index (κ3) is 6.84. The third-order valence-corrected chi connectivity index (χ3v) is 15.6. The molecule has 14 rings (SSSR count). The molecule has 0 saturated carbocycles. The quantitative estimate of drug-likeness (QED) is 0.144. The van der Waals surface area contributed by atoms with Crippen molar-refractivity contribution < 1.29 is 4.42 Å². The van der Waals surface area contributed by atoms with Gasteiger partial charge in [-0.05, 0) is 155 Å². The van der Waals surface area contributed by atoms with Crippen molar-refractivity contribution in [2.24, 2.45) is 0 Å². The highest BCUT2D eigenvalue weighted by atomic mass is 16.3. The predicted octanol–water partition coefficient (Wildman–Crippen LogP) is 18.1. The van der Waals surface area contributed by atoms with Gasteiger partial charge in [0.15, 0.2) is 5.58 Å². The van der Waals surface area contributed by atoms with Crippen molar-refractivity contribution in [2.75, 3.05) is 14.7 Å². The summed E-state index contributed by atoms with van der Waals surface area (Å²) in [6.07, 6.45) is 9.02. The number of anilines is 8. The Morgan fingerprint density at radius 2 is 1.15 bits per heavy atom. The van der Waals surface area contributed by atoms with E-state index in [-0.39, 0.29) is 17.4 Å². The monoisotopic (exact) mass is 948 g/mol. The molecule has 5 heteroatoms. The number of hydrogen-bond donors (Lipinski definition) is 0. The second kappa shape index (κ2) is 17.3. The lowest BCUT2D eigenvalue weighted by atomic mass is 9.74. The van der Waals surface area contributed by atoms with Gasteiger partial charge in [-0.15, -0.1) is 0 Å². The van der Waals surface area contributed by atoms with E-state index < -0.39 is 0 Å². The van der Waals surface area contributed by atoms with Gasteiger partial charge in [0.05, 0.1) is 23.4 Å². The summed E-state index contributed by atoms with van der Waals surface area (Å²) >= 11 is 0. The van der Waals surface area contributed by atoms with Gasteiger partial charge in [-0.3, -0.25) is 0 Å². The molecule has 1 aromatic heterocycles. The summed E-state index contributed by atoms with van der Waals surface area (Å²) in [5.41, 5.74) is 19.9. The van der Waals surface area contributed by atoms with E-state index in [2.05, 4.69) is 264 Å². The molecule has 2 aliphatic carbocycles. The first-order valence-corrected chi connectivity index (χ1v) is 25.4. The minimum Gasteiger partial charge on any atom is -0.454 e. The number of benzene rings is 10. The van der Waals surface area contributed by atoms with Gasteiger partial charge in [-0.2, -0.15) is 5.26 Å². The van der Waals surface area contributed by atoms with E-state index in [1.807, 2.05) is 24.3 Å². The van der Waals surface area contributed by atoms with Crippen molar-refractivity contribution in [3.8, 4) is 28.3 Å². The fourth-order valence-corrected chi connectivity index (χ4v) is 12.2. The van der Waals surface area contributed by atoms with Gasteiger partial charge in [-0.1, -0.05) is 158 Å². The molecule has 0 spiro atoms. The van der Waals surface area contributed by atoms with Crippen LogP contribution in [0.4, 0.5) is 45.5 Å². The lowest BCUT2D eigenvalue weighted by Gasteiger charge is -2.30. The van der Waals surface area contributed by atoms with Crippen LogP contribution in [-0.4, -0.2) is 6.04 Å². The number of fused-ring (bicyclic) bond motifs is 9. The SMILES string of the molecule is CC1(c2ccccc2)c2ccccc2-c2cc(-c3ccc4oc5c(N(c6ccccc6)c6ccc7c(c6)C6C=CC=CC6N7c6ccccc6)cc(N(c6ccccc6)c6cccc(C#N)c6)cc5c4c3)ccc21. The van der Waals surface area contributed by atoms with Crippen LogP contribution in [0.5, 0.6) is 0 Å². The van der Waals surface area contributed by atoms with Gasteiger partial charge < -0.3 is 19.1 Å². The molecule has 0 radical (unpaired) electrons. The summed E-state index contributed by atoms with van der Waals surface area (Å²) in [5, 5.41) is 12.2. The molecule has 3 aliphatic rings. The highest BCUT2D eigenvalue weighted by Crippen LogP contribution is 2.55. The summed E-state index contributed by atoms with van der Waals surface area (Å²) in [5.74, 6) is 0.157. The Labute approximate surface area is 431 Å². The maximum atomic E-state index is 10.2. The number of nitriles is 1. The molecule has 10 aromatic carbocycles. The molecule has 3 atom stereocenters. The van der Waals surface area contributed by atoms with Crippen LogP contribution in [0, 0.1) is 11.3 Å². The van der Waals surface area contributed by atoms with Gasteiger partial charge in [0, 0.05) is 61.9 Å². The Balaban J connectivity index is 0.995. The molecule has 0 saturated heterocycles. The Morgan fingerprint density at radius 1 is 0.500 bits per heavy atom. The number of furan rings is 1. The van der Waals surface area contributed by atoms with Crippen molar-refractivity contribution >= 4 is 67.4 Å². The van der Waals surface area contributed by atoms with Crippen molar-refractivity contribution in [1.29, 1.82) is 5.26 Å². The third-order valence-electron chi connectivity index (χ3n) is 15.6. The lowest BCUT2D eigenvalue weighted by molar-refractivity contribution is 0.669. The van der Waals surface area contributed by atoms with Crippen molar-refractivity contribution in [3.63, 3.8) is 0 Å². The highest BCUT2D eigenvalue weighted by molar-refractivity contribution is 6.13. The molecule has 0 N–H and O–H groups in total. The summed E-state index contributed by atoms with van der Waals surface area (Å²) in [4.78, 5) is 7.08. The second-order valence-corrected chi connectivity index (χ2v) is 19.7. The molecule has 3 unspecified atom stereocenters. The molecule has 0 amide bonds. The number of para-hydroxylation sites is 3. The molecule has 74 heavy (non-hydrogen) atoms. The largest absolute Gasteiger partial charge is 0.454 e. The normalized spacial score (nSPS) is 16.9. The minimum atomic E-state index is -0.281. The smallest absolute Gasteiger partial charge is 0.159 e. The summed E-state index contributed by atoms with van der Waals surface area (Å²) in [7, 11) is 0. The van der Waals surface area contributed by atoms with Crippen LogP contribution in [0.15, 0.2) is 265 Å². The van der Waals surface area contributed by atoms with Gasteiger partial charge in [0.25, 0.3) is 0 Å². The molecule has 0 bridgehead atoms. The zero-order chi connectivity index (χ0) is 49.3. The molecular weight excluding hydrogens is 901 g/mol. The molecule has 11 aromatic rings. The van der Waals surface area contributed by atoms with E-state index in [1.165, 1.54) is 44.8 Å². The maximum Gasteiger partial charge on any atom is 0.159 e. The van der Waals surface area contributed by atoms with E-state index in [1.54, 1.807) is 0 Å². The predicted molar refractivity (Wildman–Crippen MR) is 304 cm³/mol. The zero-order valence-corrected chi connectivity index (χ0v) is 40.7. The van der Waals surface area contributed by atoms with Crippen molar-refractivity contribution in [3.05, 3.63) is 289 Å². The van der Waals surface area contributed by atoms with Gasteiger partial charge in [0.1, 0.15) is 5.58 Å². The van der Waals surface area contributed by atoms with Crippen LogP contribution in [0.2, 0.25) is 0 Å². The Morgan fingerprint density at radius 3 is 1.93 bits per heavy atom. The number of rotatable bonds is 9. The van der Waals surface area contributed by atoms with Gasteiger partial charge in [0.2, 0.25) is 0 Å². The Hall–Kier alpha value is -9.63. The van der Waals surface area contributed by atoms with Crippen molar-refractivity contribution in [1.82, 2.24) is 0 Å². The first kappa shape index (κ1) is 43.2. The van der Waals surface area contributed by atoms with Crippen LogP contribution >= 0.6 is 0 Å². The average Bonchev–Trinajstić information content (AvgIpc) is 4.10. The molecule has 350 valence electrons. The van der Waals surface area contributed by atoms with Crippen LogP contribution in [0.25, 0.3) is 44.2 Å². The Kier molecular flexibility index (Phi) is 10.1. The second-order valence-electron chi connectivity index (χ2n) is 19.7. The number of nitrogens with zero attached hydrogens (tertiary/aromatic N) is 4. The van der Waals surface area contributed by atoms with Crippen LogP contribution in [-0.2, 0) is 5.41 Å². The van der Waals surface area contributed by atoms with E-state index in [4.69, 9.17) is 4.42 Å². The van der Waals surface area contributed by atoms with Crippen LogP contribution in [0.3, 0.4) is 0 Å². The van der Waals surface area contributed by atoms with Crippen LogP contribution < -0.4 is 14.7 Å². The molecule has 1 aliphatic heterocycles. The fourth-order valence-electron chi connectivity index (χ4n) is 12.2. The lowest BCUT2D eigenvalue weighted by Crippen LogP contribution is -2.28. The average molecular weight is 949 g/mol. The van der Waals surface area contributed by atoms with Crippen LogP contribution in [0.1, 0.15) is 40.7 Å². The van der Waals surface area contributed by atoms with E-state index in [9.17, 15) is 5.26 Å². The fraction of sp³-hybridized carbons (Fsp3) is 0.0580. The zero-order valence-electron chi connectivity index (χ0n) is 40.7. The first-order valence-electron chi connectivity index (χ1n) is 25.4.